The number of rotatable bonds is 5. The highest BCUT2D eigenvalue weighted by Gasteiger charge is 2.19. The van der Waals surface area contributed by atoms with E-state index in [2.05, 4.69) is 0 Å². The monoisotopic (exact) mass is 288 g/mol. The molecule has 0 radical (unpaired) electrons. The van der Waals surface area contributed by atoms with E-state index >= 15 is 0 Å². The van der Waals surface area contributed by atoms with Crippen molar-refractivity contribution in [3.05, 3.63) is 59.4 Å². The van der Waals surface area contributed by atoms with E-state index in [-0.39, 0.29) is 11.5 Å². The third-order valence-electron chi connectivity index (χ3n) is 3.20. The number of methoxy groups -OCH3 is 1. The fraction of sp³-hybridized carbons (Fsp3) is 0.235. The minimum absolute atomic E-state index is 0.0874. The van der Waals surface area contributed by atoms with Crippen molar-refractivity contribution in [1.29, 1.82) is 0 Å². The van der Waals surface area contributed by atoms with Crippen molar-refractivity contribution in [2.24, 2.45) is 0 Å². The molecule has 4 heteroatoms. The summed E-state index contributed by atoms with van der Waals surface area (Å²) in [6, 6.07) is 11.6. The average Bonchev–Trinajstić information content (AvgIpc) is 2.51. The molecule has 1 atom stereocenters. The van der Waals surface area contributed by atoms with Crippen LogP contribution in [-0.2, 0) is 0 Å². The van der Waals surface area contributed by atoms with Crippen LogP contribution in [0.2, 0.25) is 0 Å². The fourth-order valence-electron chi connectivity index (χ4n) is 1.95. The lowest BCUT2D eigenvalue weighted by atomic mass is 10.1. The Bertz CT molecular complexity index is 635. The van der Waals surface area contributed by atoms with Crippen molar-refractivity contribution in [2.45, 2.75) is 20.0 Å². The molecule has 0 aliphatic rings. The van der Waals surface area contributed by atoms with Crippen LogP contribution in [0.1, 0.15) is 22.8 Å². The second kappa shape index (κ2) is 6.39. The second-order valence-electron chi connectivity index (χ2n) is 4.74. The summed E-state index contributed by atoms with van der Waals surface area (Å²) < 4.78 is 24.4. The Balaban J connectivity index is 2.13. The maximum Gasteiger partial charge on any atom is 0.202 e. The molecule has 0 saturated heterocycles. The summed E-state index contributed by atoms with van der Waals surface area (Å²) in [6.07, 6.45) is -0.769. The molecule has 21 heavy (non-hydrogen) atoms. The van der Waals surface area contributed by atoms with E-state index in [1.165, 1.54) is 6.07 Å². The molecule has 0 heterocycles. The molecule has 0 aliphatic heterocycles. The molecule has 0 saturated carbocycles. The van der Waals surface area contributed by atoms with Gasteiger partial charge in [0.15, 0.2) is 17.7 Å². The van der Waals surface area contributed by atoms with Gasteiger partial charge in [-0.25, -0.2) is 4.39 Å². The highest BCUT2D eigenvalue weighted by molar-refractivity contribution is 5.99. The maximum absolute atomic E-state index is 13.9. The molecular formula is C17H17FO3. The van der Waals surface area contributed by atoms with Gasteiger partial charge in [0.25, 0.3) is 0 Å². The normalized spacial score (nSPS) is 11.8. The Morgan fingerprint density at radius 2 is 1.81 bits per heavy atom. The summed E-state index contributed by atoms with van der Waals surface area (Å²) in [5.41, 5.74) is 0.980. The summed E-state index contributed by atoms with van der Waals surface area (Å²) in [6.45, 7) is 3.26. The summed E-state index contributed by atoms with van der Waals surface area (Å²) >= 11 is 0. The van der Waals surface area contributed by atoms with Crippen LogP contribution in [0.4, 0.5) is 4.39 Å². The predicted octanol–water partition coefficient (Wildman–Crippen LogP) is 3.79. The van der Waals surface area contributed by atoms with Crippen LogP contribution in [-0.4, -0.2) is 19.0 Å². The van der Waals surface area contributed by atoms with Crippen LogP contribution in [0.5, 0.6) is 11.5 Å². The van der Waals surface area contributed by atoms with Crippen LogP contribution < -0.4 is 9.47 Å². The van der Waals surface area contributed by atoms with Crippen molar-refractivity contribution >= 4 is 5.78 Å². The zero-order valence-electron chi connectivity index (χ0n) is 12.2. The van der Waals surface area contributed by atoms with E-state index < -0.39 is 11.9 Å². The zero-order chi connectivity index (χ0) is 15.4. The predicted molar refractivity (Wildman–Crippen MR) is 78.6 cm³/mol. The number of Topliss-reactive ketones (excluding diaryl/α,β-unsaturated/α-hetero) is 1. The lowest BCUT2D eigenvalue weighted by Gasteiger charge is -2.15. The molecule has 2 aromatic rings. The number of ketones is 1. The Morgan fingerprint density at radius 1 is 1.14 bits per heavy atom. The molecule has 3 nitrogen and oxygen atoms in total. The number of carbonyl (C=O) groups excluding carboxylic acids is 1. The average molecular weight is 288 g/mol. The largest absolute Gasteiger partial charge is 0.497 e. The van der Waals surface area contributed by atoms with Gasteiger partial charge < -0.3 is 9.47 Å². The van der Waals surface area contributed by atoms with Crippen LogP contribution >= 0.6 is 0 Å². The minimum atomic E-state index is -0.769. The van der Waals surface area contributed by atoms with Gasteiger partial charge in [0.1, 0.15) is 5.75 Å². The third-order valence-corrected chi connectivity index (χ3v) is 3.20. The molecule has 0 amide bonds. The number of benzene rings is 2. The van der Waals surface area contributed by atoms with E-state index in [0.717, 1.165) is 0 Å². The highest BCUT2D eigenvalue weighted by atomic mass is 19.1. The van der Waals surface area contributed by atoms with E-state index in [0.29, 0.717) is 16.9 Å². The van der Waals surface area contributed by atoms with Crippen molar-refractivity contribution < 1.29 is 18.7 Å². The lowest BCUT2D eigenvalue weighted by Crippen LogP contribution is -2.24. The molecule has 0 fully saturated rings. The molecule has 0 aromatic heterocycles. The van der Waals surface area contributed by atoms with Gasteiger partial charge in [-0.2, -0.15) is 0 Å². The summed E-state index contributed by atoms with van der Waals surface area (Å²) in [7, 11) is 1.56. The molecule has 0 aliphatic carbocycles. The molecule has 110 valence electrons. The zero-order valence-corrected chi connectivity index (χ0v) is 12.2. The Kier molecular flexibility index (Phi) is 4.58. The number of carbonyl (C=O) groups is 1. The Morgan fingerprint density at radius 3 is 2.43 bits per heavy atom. The van der Waals surface area contributed by atoms with Crippen LogP contribution in [0.15, 0.2) is 42.5 Å². The van der Waals surface area contributed by atoms with Crippen LogP contribution in [0.3, 0.4) is 0 Å². The molecule has 2 aromatic carbocycles. The van der Waals surface area contributed by atoms with E-state index in [1.54, 1.807) is 57.4 Å². The van der Waals surface area contributed by atoms with Crippen LogP contribution in [0, 0.1) is 12.7 Å². The van der Waals surface area contributed by atoms with Gasteiger partial charge in [-0.05, 0) is 49.7 Å². The van der Waals surface area contributed by atoms with Gasteiger partial charge in [0.2, 0.25) is 5.78 Å². The molecule has 2 rings (SSSR count). The van der Waals surface area contributed by atoms with Gasteiger partial charge in [0, 0.05) is 5.56 Å². The summed E-state index contributed by atoms with van der Waals surface area (Å²) in [5, 5.41) is 0. The lowest BCUT2D eigenvalue weighted by molar-refractivity contribution is 0.0812. The Labute approximate surface area is 123 Å². The van der Waals surface area contributed by atoms with Crippen molar-refractivity contribution in [3.8, 4) is 11.5 Å². The van der Waals surface area contributed by atoms with Crippen LogP contribution in [0.25, 0.3) is 0 Å². The first-order valence-electron chi connectivity index (χ1n) is 6.63. The van der Waals surface area contributed by atoms with Crippen molar-refractivity contribution in [3.63, 3.8) is 0 Å². The summed E-state index contributed by atoms with van der Waals surface area (Å²) in [5.74, 6) is 0.111. The van der Waals surface area contributed by atoms with Gasteiger partial charge in [-0.15, -0.1) is 0 Å². The Hall–Kier alpha value is -2.36. The van der Waals surface area contributed by atoms with Crippen molar-refractivity contribution in [2.75, 3.05) is 7.11 Å². The SMILES string of the molecule is COc1ccc(C(=O)C(C)Oc2cccc(C)c2F)cc1. The van der Waals surface area contributed by atoms with Gasteiger partial charge in [-0.1, -0.05) is 12.1 Å². The first-order chi connectivity index (χ1) is 10.0. The highest BCUT2D eigenvalue weighted by Crippen LogP contribution is 2.22. The quantitative estimate of drug-likeness (QED) is 0.785. The standard InChI is InChI=1S/C17H17FO3/c1-11-5-4-6-15(16(11)18)21-12(2)17(19)13-7-9-14(20-3)10-8-13/h4-10,12H,1-3H3. The van der Waals surface area contributed by atoms with Gasteiger partial charge in [0.05, 0.1) is 7.11 Å². The number of aryl methyl sites for hydroxylation is 1. The minimum Gasteiger partial charge on any atom is -0.497 e. The van der Waals surface area contributed by atoms with Gasteiger partial charge >= 0.3 is 0 Å². The van der Waals surface area contributed by atoms with E-state index in [1.807, 2.05) is 0 Å². The first-order valence-corrected chi connectivity index (χ1v) is 6.63. The summed E-state index contributed by atoms with van der Waals surface area (Å²) in [4.78, 5) is 12.3. The number of halogens is 1. The second-order valence-corrected chi connectivity index (χ2v) is 4.74. The van der Waals surface area contributed by atoms with E-state index in [4.69, 9.17) is 9.47 Å². The third kappa shape index (κ3) is 3.40. The van der Waals surface area contributed by atoms with E-state index in [9.17, 15) is 9.18 Å². The van der Waals surface area contributed by atoms with Crippen molar-refractivity contribution in [1.82, 2.24) is 0 Å². The number of hydrogen-bond donors (Lipinski definition) is 0. The topological polar surface area (TPSA) is 35.5 Å². The number of ether oxygens (including phenoxy) is 2. The smallest absolute Gasteiger partial charge is 0.202 e. The molecule has 0 N–H and O–H groups in total. The number of hydrogen-bond acceptors (Lipinski definition) is 3. The maximum atomic E-state index is 13.9. The van der Waals surface area contributed by atoms with Gasteiger partial charge in [-0.3, -0.25) is 4.79 Å². The molecule has 0 bridgehead atoms. The molecule has 1 unspecified atom stereocenters. The first kappa shape index (κ1) is 15.0. The fourth-order valence-corrected chi connectivity index (χ4v) is 1.95. The molecule has 0 spiro atoms. The molecular weight excluding hydrogens is 271 g/mol.